The third-order valence-electron chi connectivity index (χ3n) is 3.79. The number of hydrogen-bond acceptors (Lipinski definition) is 2. The Hall–Kier alpha value is -0.800. The van der Waals surface area contributed by atoms with Crippen LogP contribution in [0.5, 0.6) is 0 Å². The molecule has 0 saturated carbocycles. The number of aromatic nitrogens is 1. The maximum absolute atomic E-state index is 5.57. The molecular formula is C16H28N2O. The molecule has 2 rings (SSSR count). The summed E-state index contributed by atoms with van der Waals surface area (Å²) in [6.45, 7) is 8.18. The summed E-state index contributed by atoms with van der Waals surface area (Å²) >= 11 is 0. The average molecular weight is 264 g/mol. The Kier molecular flexibility index (Phi) is 5.93. The number of rotatable bonds is 8. The van der Waals surface area contributed by atoms with Crippen LogP contribution in [-0.2, 0) is 17.7 Å². The van der Waals surface area contributed by atoms with E-state index in [-0.39, 0.29) is 0 Å². The van der Waals surface area contributed by atoms with Crippen molar-refractivity contribution in [2.45, 2.75) is 58.5 Å². The smallest absolute Gasteiger partial charge is 0.0645 e. The fraction of sp³-hybridized carbons (Fsp3) is 0.750. The van der Waals surface area contributed by atoms with E-state index in [1.807, 2.05) is 0 Å². The molecule has 0 amide bonds. The third-order valence-corrected chi connectivity index (χ3v) is 3.79. The molecule has 19 heavy (non-hydrogen) atoms. The summed E-state index contributed by atoms with van der Waals surface area (Å²) in [6.07, 6.45) is 10.8. The molecule has 3 nitrogen and oxygen atoms in total. The Morgan fingerprint density at radius 3 is 2.95 bits per heavy atom. The molecule has 0 fully saturated rings. The monoisotopic (exact) mass is 264 g/mol. The maximum atomic E-state index is 5.57. The minimum Gasteiger partial charge on any atom is -0.380 e. The van der Waals surface area contributed by atoms with Crippen molar-refractivity contribution >= 4 is 0 Å². The quantitative estimate of drug-likeness (QED) is 0.729. The van der Waals surface area contributed by atoms with Crippen molar-refractivity contribution in [3.05, 3.63) is 23.5 Å². The Morgan fingerprint density at radius 1 is 1.26 bits per heavy atom. The van der Waals surface area contributed by atoms with Crippen LogP contribution >= 0.6 is 0 Å². The number of aryl methyl sites for hydroxylation is 1. The first-order chi connectivity index (χ1) is 9.35. The Balaban J connectivity index is 1.92. The Bertz CT molecular complexity index is 373. The highest BCUT2D eigenvalue weighted by Crippen LogP contribution is 2.30. The lowest BCUT2D eigenvalue weighted by atomic mass is 9.91. The topological polar surface area (TPSA) is 26.2 Å². The first-order valence-electron chi connectivity index (χ1n) is 7.84. The minimum absolute atomic E-state index is 0.571. The van der Waals surface area contributed by atoms with E-state index in [1.54, 1.807) is 0 Å². The number of ether oxygens (including phenoxy) is 1. The standard InChI is InChI=1S/C16H28N2O/c1-3-8-17-16-7-5-6-14-12-18(13-15(14)16)9-11-19-10-4-2/h12-13,16-17H,3-11H2,1-2H3. The second-order valence-corrected chi connectivity index (χ2v) is 5.49. The lowest BCUT2D eigenvalue weighted by Gasteiger charge is -2.23. The normalized spacial score (nSPS) is 18.5. The summed E-state index contributed by atoms with van der Waals surface area (Å²) in [7, 11) is 0. The first kappa shape index (κ1) is 14.6. The summed E-state index contributed by atoms with van der Waals surface area (Å²) in [6, 6.07) is 0.571. The third kappa shape index (κ3) is 4.08. The molecule has 0 bridgehead atoms. The van der Waals surface area contributed by atoms with E-state index in [2.05, 4.69) is 36.1 Å². The average Bonchev–Trinajstić information content (AvgIpc) is 2.84. The predicted octanol–water partition coefficient (Wildman–Crippen LogP) is 3.29. The second kappa shape index (κ2) is 7.71. The van der Waals surface area contributed by atoms with Gasteiger partial charge in [0.1, 0.15) is 0 Å². The zero-order valence-corrected chi connectivity index (χ0v) is 12.5. The summed E-state index contributed by atoms with van der Waals surface area (Å²) in [5.41, 5.74) is 3.06. The lowest BCUT2D eigenvalue weighted by molar-refractivity contribution is 0.127. The van der Waals surface area contributed by atoms with Crippen molar-refractivity contribution in [2.24, 2.45) is 0 Å². The van der Waals surface area contributed by atoms with Crippen LogP contribution in [0.2, 0.25) is 0 Å². The fourth-order valence-electron chi connectivity index (χ4n) is 2.82. The van der Waals surface area contributed by atoms with E-state index in [4.69, 9.17) is 4.74 Å². The highest BCUT2D eigenvalue weighted by Gasteiger charge is 2.21. The second-order valence-electron chi connectivity index (χ2n) is 5.49. The molecule has 0 radical (unpaired) electrons. The van der Waals surface area contributed by atoms with E-state index < -0.39 is 0 Å². The highest BCUT2D eigenvalue weighted by molar-refractivity contribution is 5.30. The van der Waals surface area contributed by atoms with E-state index >= 15 is 0 Å². The fourth-order valence-corrected chi connectivity index (χ4v) is 2.82. The van der Waals surface area contributed by atoms with Gasteiger partial charge in [0.05, 0.1) is 6.61 Å². The van der Waals surface area contributed by atoms with E-state index in [0.717, 1.165) is 32.7 Å². The van der Waals surface area contributed by atoms with Gasteiger partial charge in [-0.2, -0.15) is 0 Å². The Morgan fingerprint density at radius 2 is 2.16 bits per heavy atom. The van der Waals surface area contributed by atoms with Crippen molar-refractivity contribution in [1.82, 2.24) is 9.88 Å². The van der Waals surface area contributed by atoms with E-state index in [9.17, 15) is 0 Å². The molecule has 1 N–H and O–H groups in total. The van der Waals surface area contributed by atoms with Gasteiger partial charge in [-0.25, -0.2) is 0 Å². The number of fused-ring (bicyclic) bond motifs is 1. The van der Waals surface area contributed by atoms with Crippen LogP contribution in [0.3, 0.4) is 0 Å². The molecule has 1 aromatic heterocycles. The lowest BCUT2D eigenvalue weighted by Crippen LogP contribution is -2.24. The molecule has 3 heteroatoms. The number of nitrogens with zero attached hydrogens (tertiary/aromatic N) is 1. The Labute approximate surface area is 117 Å². The van der Waals surface area contributed by atoms with Crippen LogP contribution in [-0.4, -0.2) is 24.3 Å². The van der Waals surface area contributed by atoms with Crippen LogP contribution in [0.1, 0.15) is 56.7 Å². The van der Waals surface area contributed by atoms with E-state index in [0.29, 0.717) is 6.04 Å². The summed E-state index contributed by atoms with van der Waals surface area (Å²) in [5, 5.41) is 3.67. The van der Waals surface area contributed by atoms with Crippen LogP contribution in [0.25, 0.3) is 0 Å². The molecule has 1 atom stereocenters. The molecule has 0 aliphatic heterocycles. The van der Waals surface area contributed by atoms with Gasteiger partial charge in [-0.1, -0.05) is 13.8 Å². The van der Waals surface area contributed by atoms with Gasteiger partial charge >= 0.3 is 0 Å². The molecule has 1 aliphatic carbocycles. The van der Waals surface area contributed by atoms with Crippen LogP contribution in [0.15, 0.2) is 12.4 Å². The van der Waals surface area contributed by atoms with Gasteiger partial charge in [0.15, 0.2) is 0 Å². The molecule has 1 unspecified atom stereocenters. The van der Waals surface area contributed by atoms with Gasteiger partial charge in [0.2, 0.25) is 0 Å². The van der Waals surface area contributed by atoms with Crippen molar-refractivity contribution < 1.29 is 4.74 Å². The van der Waals surface area contributed by atoms with Crippen molar-refractivity contribution in [3.8, 4) is 0 Å². The van der Waals surface area contributed by atoms with Crippen LogP contribution in [0.4, 0.5) is 0 Å². The summed E-state index contributed by atoms with van der Waals surface area (Å²) in [4.78, 5) is 0. The SMILES string of the molecule is CCCNC1CCCc2cn(CCOCCC)cc21. The molecule has 0 saturated heterocycles. The van der Waals surface area contributed by atoms with Crippen LogP contribution < -0.4 is 5.32 Å². The maximum Gasteiger partial charge on any atom is 0.0645 e. The van der Waals surface area contributed by atoms with Gasteiger partial charge in [0.25, 0.3) is 0 Å². The predicted molar refractivity (Wildman–Crippen MR) is 79.5 cm³/mol. The zero-order chi connectivity index (χ0) is 13.5. The van der Waals surface area contributed by atoms with Crippen molar-refractivity contribution in [1.29, 1.82) is 0 Å². The largest absolute Gasteiger partial charge is 0.380 e. The highest BCUT2D eigenvalue weighted by atomic mass is 16.5. The molecule has 108 valence electrons. The number of hydrogen-bond donors (Lipinski definition) is 1. The van der Waals surface area contributed by atoms with Gasteiger partial charge in [0, 0.05) is 31.6 Å². The molecule has 1 aromatic rings. The minimum atomic E-state index is 0.571. The zero-order valence-electron chi connectivity index (χ0n) is 12.5. The molecular weight excluding hydrogens is 236 g/mol. The summed E-state index contributed by atoms with van der Waals surface area (Å²) < 4.78 is 7.89. The van der Waals surface area contributed by atoms with Gasteiger partial charge in [-0.15, -0.1) is 0 Å². The van der Waals surface area contributed by atoms with Crippen molar-refractivity contribution in [2.75, 3.05) is 19.8 Å². The van der Waals surface area contributed by atoms with E-state index in [1.165, 1.54) is 36.8 Å². The van der Waals surface area contributed by atoms with Gasteiger partial charge in [-0.3, -0.25) is 0 Å². The molecule has 0 aromatic carbocycles. The molecule has 1 aliphatic rings. The van der Waals surface area contributed by atoms with Gasteiger partial charge in [-0.05, 0) is 49.8 Å². The molecule has 1 heterocycles. The molecule has 0 spiro atoms. The number of nitrogens with one attached hydrogen (secondary N) is 1. The first-order valence-corrected chi connectivity index (χ1v) is 7.84. The van der Waals surface area contributed by atoms with Gasteiger partial charge < -0.3 is 14.6 Å². The van der Waals surface area contributed by atoms with Crippen LogP contribution in [0, 0.1) is 0 Å². The van der Waals surface area contributed by atoms with Crippen molar-refractivity contribution in [3.63, 3.8) is 0 Å². The summed E-state index contributed by atoms with van der Waals surface area (Å²) in [5.74, 6) is 0.